The molecule has 0 aliphatic carbocycles. The summed E-state index contributed by atoms with van der Waals surface area (Å²) in [5, 5.41) is 9.22. The summed E-state index contributed by atoms with van der Waals surface area (Å²) in [6.45, 7) is 10.9. The fraction of sp³-hybridized carbons (Fsp3) is 0.857. The Balaban J connectivity index is 3.93. The van der Waals surface area contributed by atoms with Crippen LogP contribution in [0.3, 0.4) is 0 Å². The second-order valence-corrected chi connectivity index (χ2v) is 5.44. The standard InChI is InChI=1S/C14H28O/c1-6-7-9-12(2)14(4,5)11-8-10-13(3)15/h6-7,12-13,15H,8-11H2,1-5H3/b7-6+. The smallest absolute Gasteiger partial charge is 0.0512 e. The maximum Gasteiger partial charge on any atom is 0.0512 e. The number of aliphatic hydroxyl groups is 1. The van der Waals surface area contributed by atoms with Gasteiger partial charge in [0.25, 0.3) is 0 Å². The second kappa shape index (κ2) is 7.05. The average Bonchev–Trinajstić information content (AvgIpc) is 2.13. The predicted octanol–water partition coefficient (Wildman–Crippen LogP) is 4.17. The predicted molar refractivity (Wildman–Crippen MR) is 67.9 cm³/mol. The minimum atomic E-state index is -0.147. The molecule has 0 aromatic carbocycles. The first kappa shape index (κ1) is 14.7. The molecule has 0 radical (unpaired) electrons. The van der Waals surface area contributed by atoms with Crippen molar-refractivity contribution in [3.63, 3.8) is 0 Å². The molecule has 0 fully saturated rings. The first-order chi connectivity index (χ1) is 6.90. The van der Waals surface area contributed by atoms with Crippen molar-refractivity contribution in [3.05, 3.63) is 12.2 Å². The van der Waals surface area contributed by atoms with Crippen LogP contribution in [0.5, 0.6) is 0 Å². The first-order valence-corrected chi connectivity index (χ1v) is 6.19. The Kier molecular flexibility index (Phi) is 6.91. The quantitative estimate of drug-likeness (QED) is 0.628. The van der Waals surface area contributed by atoms with E-state index in [1.165, 1.54) is 6.42 Å². The molecule has 0 bridgehead atoms. The molecule has 0 aromatic rings. The minimum Gasteiger partial charge on any atom is -0.393 e. The summed E-state index contributed by atoms with van der Waals surface area (Å²) in [5.74, 6) is 0.711. The van der Waals surface area contributed by atoms with Crippen LogP contribution in [0.1, 0.15) is 60.3 Å². The SMILES string of the molecule is C/C=C/CC(C)C(C)(C)CCCC(C)O. The van der Waals surface area contributed by atoms with E-state index in [1.54, 1.807) is 0 Å². The van der Waals surface area contributed by atoms with Crippen LogP contribution in [-0.2, 0) is 0 Å². The Morgan fingerprint density at radius 1 is 1.27 bits per heavy atom. The molecule has 0 aromatic heterocycles. The zero-order valence-corrected chi connectivity index (χ0v) is 11.1. The van der Waals surface area contributed by atoms with E-state index in [9.17, 15) is 5.11 Å². The fourth-order valence-electron chi connectivity index (χ4n) is 1.76. The topological polar surface area (TPSA) is 20.2 Å². The van der Waals surface area contributed by atoms with Gasteiger partial charge in [-0.05, 0) is 44.4 Å². The lowest BCUT2D eigenvalue weighted by atomic mass is 9.74. The van der Waals surface area contributed by atoms with Gasteiger partial charge in [-0.25, -0.2) is 0 Å². The summed E-state index contributed by atoms with van der Waals surface area (Å²) in [6, 6.07) is 0. The van der Waals surface area contributed by atoms with Crippen molar-refractivity contribution in [1.29, 1.82) is 0 Å². The molecule has 1 N–H and O–H groups in total. The van der Waals surface area contributed by atoms with Crippen LogP contribution in [0.4, 0.5) is 0 Å². The number of hydrogen-bond acceptors (Lipinski definition) is 1. The zero-order chi connectivity index (χ0) is 11.9. The van der Waals surface area contributed by atoms with Crippen LogP contribution in [0.15, 0.2) is 12.2 Å². The van der Waals surface area contributed by atoms with Gasteiger partial charge in [0, 0.05) is 0 Å². The molecule has 0 aliphatic heterocycles. The van der Waals surface area contributed by atoms with Gasteiger partial charge in [-0.3, -0.25) is 0 Å². The molecule has 2 unspecified atom stereocenters. The third-order valence-corrected chi connectivity index (χ3v) is 3.50. The fourth-order valence-corrected chi connectivity index (χ4v) is 1.76. The Bertz CT molecular complexity index is 180. The van der Waals surface area contributed by atoms with E-state index in [1.807, 2.05) is 6.92 Å². The molecule has 1 heteroatoms. The largest absolute Gasteiger partial charge is 0.393 e. The van der Waals surface area contributed by atoms with Gasteiger partial charge in [0.2, 0.25) is 0 Å². The highest BCUT2D eigenvalue weighted by molar-refractivity contribution is 4.85. The van der Waals surface area contributed by atoms with Gasteiger partial charge in [-0.2, -0.15) is 0 Å². The second-order valence-electron chi connectivity index (χ2n) is 5.44. The summed E-state index contributed by atoms with van der Waals surface area (Å²) in [6.07, 6.45) is 8.66. The van der Waals surface area contributed by atoms with Gasteiger partial charge in [-0.15, -0.1) is 0 Å². The van der Waals surface area contributed by atoms with Crippen LogP contribution in [0.25, 0.3) is 0 Å². The van der Waals surface area contributed by atoms with Gasteiger partial charge in [0.1, 0.15) is 0 Å². The number of aliphatic hydroxyl groups excluding tert-OH is 1. The van der Waals surface area contributed by atoms with Gasteiger partial charge in [-0.1, -0.05) is 39.3 Å². The highest BCUT2D eigenvalue weighted by atomic mass is 16.3. The summed E-state index contributed by atoms with van der Waals surface area (Å²) in [7, 11) is 0. The molecule has 0 heterocycles. The molecule has 0 aliphatic rings. The van der Waals surface area contributed by atoms with Crippen molar-refractivity contribution in [3.8, 4) is 0 Å². The van der Waals surface area contributed by atoms with Gasteiger partial charge in [0.15, 0.2) is 0 Å². The van der Waals surface area contributed by atoms with Gasteiger partial charge < -0.3 is 5.11 Å². The van der Waals surface area contributed by atoms with Crippen LogP contribution >= 0.6 is 0 Å². The number of allylic oxidation sites excluding steroid dienone is 2. The number of rotatable bonds is 7. The molecule has 0 amide bonds. The van der Waals surface area contributed by atoms with Gasteiger partial charge in [0.05, 0.1) is 6.10 Å². The van der Waals surface area contributed by atoms with Crippen molar-refractivity contribution in [2.75, 3.05) is 0 Å². The molecule has 0 spiro atoms. The summed E-state index contributed by atoms with van der Waals surface area (Å²) >= 11 is 0. The number of hydrogen-bond donors (Lipinski definition) is 1. The Morgan fingerprint density at radius 3 is 2.33 bits per heavy atom. The van der Waals surface area contributed by atoms with Crippen LogP contribution in [-0.4, -0.2) is 11.2 Å². The summed E-state index contributed by atoms with van der Waals surface area (Å²) in [4.78, 5) is 0. The van der Waals surface area contributed by atoms with E-state index in [-0.39, 0.29) is 6.10 Å². The Labute approximate surface area is 95.6 Å². The maximum absolute atomic E-state index is 9.22. The average molecular weight is 212 g/mol. The normalized spacial score (nSPS) is 16.9. The molecule has 0 saturated carbocycles. The van der Waals surface area contributed by atoms with Crippen molar-refractivity contribution in [2.24, 2.45) is 11.3 Å². The lowest BCUT2D eigenvalue weighted by Crippen LogP contribution is -2.21. The van der Waals surface area contributed by atoms with E-state index >= 15 is 0 Å². The van der Waals surface area contributed by atoms with Crippen LogP contribution in [0.2, 0.25) is 0 Å². The molecule has 1 nitrogen and oxygen atoms in total. The summed E-state index contributed by atoms with van der Waals surface area (Å²) in [5.41, 5.74) is 0.383. The maximum atomic E-state index is 9.22. The highest BCUT2D eigenvalue weighted by Crippen LogP contribution is 2.34. The van der Waals surface area contributed by atoms with E-state index in [2.05, 4.69) is 39.8 Å². The van der Waals surface area contributed by atoms with Crippen LogP contribution < -0.4 is 0 Å². The molecule has 15 heavy (non-hydrogen) atoms. The van der Waals surface area contributed by atoms with E-state index in [0.29, 0.717) is 11.3 Å². The first-order valence-electron chi connectivity index (χ1n) is 6.19. The lowest BCUT2D eigenvalue weighted by molar-refractivity contribution is 0.157. The molecule has 0 saturated heterocycles. The Hall–Kier alpha value is -0.300. The Morgan fingerprint density at radius 2 is 1.87 bits per heavy atom. The van der Waals surface area contributed by atoms with Crippen molar-refractivity contribution in [1.82, 2.24) is 0 Å². The third-order valence-electron chi connectivity index (χ3n) is 3.50. The van der Waals surface area contributed by atoms with Crippen molar-refractivity contribution in [2.45, 2.75) is 66.4 Å². The minimum absolute atomic E-state index is 0.147. The monoisotopic (exact) mass is 212 g/mol. The van der Waals surface area contributed by atoms with E-state index in [4.69, 9.17) is 0 Å². The lowest BCUT2D eigenvalue weighted by Gasteiger charge is -2.31. The third kappa shape index (κ3) is 6.72. The summed E-state index contributed by atoms with van der Waals surface area (Å²) < 4.78 is 0. The van der Waals surface area contributed by atoms with Crippen molar-refractivity contribution < 1.29 is 5.11 Å². The van der Waals surface area contributed by atoms with E-state index in [0.717, 1.165) is 19.3 Å². The molecular formula is C14H28O. The highest BCUT2D eigenvalue weighted by Gasteiger charge is 2.24. The molecule has 2 atom stereocenters. The molecule has 0 rings (SSSR count). The van der Waals surface area contributed by atoms with Gasteiger partial charge >= 0.3 is 0 Å². The molecular weight excluding hydrogens is 184 g/mol. The van der Waals surface area contributed by atoms with E-state index < -0.39 is 0 Å². The van der Waals surface area contributed by atoms with Crippen LogP contribution in [0, 0.1) is 11.3 Å². The zero-order valence-electron chi connectivity index (χ0n) is 11.1. The van der Waals surface area contributed by atoms with Crippen molar-refractivity contribution >= 4 is 0 Å². The molecule has 90 valence electrons.